The Balaban J connectivity index is 2.22. The summed E-state index contributed by atoms with van der Waals surface area (Å²) in [5.41, 5.74) is 0.119. The lowest BCUT2D eigenvalue weighted by Gasteiger charge is -2.40. The van der Waals surface area contributed by atoms with Gasteiger partial charge < -0.3 is 0 Å². The van der Waals surface area contributed by atoms with E-state index < -0.39 is 4.33 Å². The average molecular weight is 205 g/mol. The van der Waals surface area contributed by atoms with E-state index in [1.807, 2.05) is 0 Å². The number of hydrogen-bond acceptors (Lipinski definition) is 0. The summed E-state index contributed by atoms with van der Waals surface area (Å²) >= 11 is 12.6. The Morgan fingerprint density at radius 1 is 1.00 bits per heavy atom. The molecule has 1 saturated carbocycles. The first-order valence-corrected chi connectivity index (χ1v) is 5.47. The maximum absolute atomic E-state index is 6.31. The molecule has 1 fully saturated rings. The SMILES string of the molecule is ClC1(Cl)CC=CC12CCCCC2. The van der Waals surface area contributed by atoms with Gasteiger partial charge in [-0.25, -0.2) is 0 Å². The van der Waals surface area contributed by atoms with Gasteiger partial charge in [0.05, 0.1) is 0 Å². The molecule has 0 amide bonds. The van der Waals surface area contributed by atoms with E-state index in [-0.39, 0.29) is 5.41 Å². The molecule has 12 heavy (non-hydrogen) atoms. The fourth-order valence-electron chi connectivity index (χ4n) is 2.47. The van der Waals surface area contributed by atoms with Crippen molar-refractivity contribution in [1.29, 1.82) is 0 Å². The van der Waals surface area contributed by atoms with Crippen LogP contribution in [0.2, 0.25) is 0 Å². The summed E-state index contributed by atoms with van der Waals surface area (Å²) in [4.78, 5) is 0. The Bertz CT molecular complexity index is 200. The standard InChI is InChI=1S/C10H14Cl2/c11-10(12)8-4-7-9(10)5-2-1-3-6-9/h4,7H,1-3,5-6,8H2. The minimum atomic E-state index is -0.507. The van der Waals surface area contributed by atoms with Crippen LogP contribution < -0.4 is 0 Å². The summed E-state index contributed by atoms with van der Waals surface area (Å²) in [6, 6.07) is 0. The van der Waals surface area contributed by atoms with Gasteiger partial charge in [-0.2, -0.15) is 0 Å². The highest BCUT2D eigenvalue weighted by atomic mass is 35.5. The third-order valence-corrected chi connectivity index (χ3v) is 4.35. The third-order valence-electron chi connectivity index (χ3n) is 3.29. The van der Waals surface area contributed by atoms with E-state index in [1.54, 1.807) is 0 Å². The Morgan fingerprint density at radius 2 is 1.67 bits per heavy atom. The molecule has 0 aromatic rings. The highest BCUT2D eigenvalue weighted by Gasteiger charge is 2.49. The largest absolute Gasteiger partial charge is 0.130 e. The van der Waals surface area contributed by atoms with E-state index in [0.29, 0.717) is 0 Å². The van der Waals surface area contributed by atoms with Crippen molar-refractivity contribution in [3.63, 3.8) is 0 Å². The van der Waals surface area contributed by atoms with Gasteiger partial charge in [-0.3, -0.25) is 0 Å². The van der Waals surface area contributed by atoms with E-state index >= 15 is 0 Å². The zero-order valence-corrected chi connectivity index (χ0v) is 8.67. The van der Waals surface area contributed by atoms with Crippen LogP contribution in [0.3, 0.4) is 0 Å². The van der Waals surface area contributed by atoms with Crippen LogP contribution in [0.15, 0.2) is 12.2 Å². The van der Waals surface area contributed by atoms with Gasteiger partial charge in [0.1, 0.15) is 4.33 Å². The van der Waals surface area contributed by atoms with E-state index in [4.69, 9.17) is 23.2 Å². The van der Waals surface area contributed by atoms with Gasteiger partial charge >= 0.3 is 0 Å². The molecule has 2 aliphatic rings. The van der Waals surface area contributed by atoms with Gasteiger partial charge in [0, 0.05) is 5.41 Å². The van der Waals surface area contributed by atoms with Crippen molar-refractivity contribution in [2.24, 2.45) is 5.41 Å². The van der Waals surface area contributed by atoms with Crippen LogP contribution in [-0.2, 0) is 0 Å². The highest BCUT2D eigenvalue weighted by Crippen LogP contribution is 2.56. The van der Waals surface area contributed by atoms with Crippen molar-refractivity contribution in [3.8, 4) is 0 Å². The van der Waals surface area contributed by atoms with Crippen molar-refractivity contribution in [1.82, 2.24) is 0 Å². The van der Waals surface area contributed by atoms with Crippen molar-refractivity contribution >= 4 is 23.2 Å². The second kappa shape index (κ2) is 2.92. The van der Waals surface area contributed by atoms with Crippen LogP contribution in [0.4, 0.5) is 0 Å². The van der Waals surface area contributed by atoms with Crippen LogP contribution >= 0.6 is 23.2 Å². The van der Waals surface area contributed by atoms with Crippen LogP contribution in [0, 0.1) is 5.41 Å². The van der Waals surface area contributed by atoms with E-state index in [9.17, 15) is 0 Å². The lowest BCUT2D eigenvalue weighted by atomic mass is 9.73. The van der Waals surface area contributed by atoms with Gasteiger partial charge in [-0.05, 0) is 19.3 Å². The normalized spacial score (nSPS) is 31.2. The van der Waals surface area contributed by atoms with Crippen LogP contribution in [-0.4, -0.2) is 4.33 Å². The zero-order valence-electron chi connectivity index (χ0n) is 7.15. The van der Waals surface area contributed by atoms with Crippen molar-refractivity contribution < 1.29 is 0 Å². The first-order valence-electron chi connectivity index (χ1n) is 4.72. The predicted molar refractivity (Wildman–Crippen MR) is 53.7 cm³/mol. The molecule has 2 heteroatoms. The summed E-state index contributed by atoms with van der Waals surface area (Å²) in [6.07, 6.45) is 11.5. The Kier molecular flexibility index (Phi) is 2.17. The average Bonchev–Trinajstić information content (AvgIpc) is 2.30. The molecule has 68 valence electrons. The number of alkyl halides is 2. The maximum Gasteiger partial charge on any atom is 0.130 e. The molecular formula is C10H14Cl2. The summed E-state index contributed by atoms with van der Waals surface area (Å²) in [5.74, 6) is 0. The molecule has 2 rings (SSSR count). The van der Waals surface area contributed by atoms with Crippen LogP contribution in [0.5, 0.6) is 0 Å². The van der Waals surface area contributed by atoms with Crippen LogP contribution in [0.1, 0.15) is 38.5 Å². The van der Waals surface area contributed by atoms with Crippen molar-refractivity contribution in [2.75, 3.05) is 0 Å². The van der Waals surface area contributed by atoms with E-state index in [2.05, 4.69) is 12.2 Å². The minimum absolute atomic E-state index is 0.119. The molecule has 0 heterocycles. The number of rotatable bonds is 0. The molecule has 0 saturated heterocycles. The van der Waals surface area contributed by atoms with Gasteiger partial charge in [0.2, 0.25) is 0 Å². The second-order valence-electron chi connectivity index (χ2n) is 4.03. The molecule has 0 aromatic carbocycles. The summed E-state index contributed by atoms with van der Waals surface area (Å²) in [5, 5.41) is 0. The van der Waals surface area contributed by atoms with Crippen molar-refractivity contribution in [2.45, 2.75) is 42.9 Å². The number of hydrogen-bond donors (Lipinski definition) is 0. The molecule has 0 aliphatic heterocycles. The van der Waals surface area contributed by atoms with Gasteiger partial charge in [-0.15, -0.1) is 23.2 Å². The molecule has 0 nitrogen and oxygen atoms in total. The summed E-state index contributed by atoms with van der Waals surface area (Å²) in [7, 11) is 0. The molecule has 0 bridgehead atoms. The first kappa shape index (κ1) is 8.90. The highest BCUT2D eigenvalue weighted by molar-refractivity contribution is 6.49. The fraction of sp³-hybridized carbons (Fsp3) is 0.800. The lowest BCUT2D eigenvalue weighted by Crippen LogP contribution is -2.36. The predicted octanol–water partition coefficient (Wildman–Crippen LogP) is 4.07. The quantitative estimate of drug-likeness (QED) is 0.413. The molecule has 0 radical (unpaired) electrons. The monoisotopic (exact) mass is 204 g/mol. The van der Waals surface area contributed by atoms with E-state index in [1.165, 1.54) is 32.1 Å². The topological polar surface area (TPSA) is 0 Å². The molecule has 0 aromatic heterocycles. The smallest absolute Gasteiger partial charge is 0.100 e. The molecule has 0 N–H and O–H groups in total. The number of halogens is 2. The van der Waals surface area contributed by atoms with Gasteiger partial charge in [0.25, 0.3) is 0 Å². The Morgan fingerprint density at radius 3 is 2.17 bits per heavy atom. The summed E-state index contributed by atoms with van der Waals surface area (Å²) < 4.78 is -0.507. The molecule has 1 spiro atoms. The molecule has 0 atom stereocenters. The lowest BCUT2D eigenvalue weighted by molar-refractivity contribution is 0.240. The second-order valence-corrected chi connectivity index (χ2v) is 5.51. The van der Waals surface area contributed by atoms with Gasteiger partial charge in [-0.1, -0.05) is 31.4 Å². The Labute approximate surface area is 83.9 Å². The fourth-order valence-corrected chi connectivity index (χ4v) is 3.15. The first-order chi connectivity index (χ1) is 5.66. The molecule has 0 unspecified atom stereocenters. The molecular weight excluding hydrogens is 191 g/mol. The third kappa shape index (κ3) is 1.20. The van der Waals surface area contributed by atoms with Crippen molar-refractivity contribution in [3.05, 3.63) is 12.2 Å². The maximum atomic E-state index is 6.31. The van der Waals surface area contributed by atoms with E-state index in [0.717, 1.165) is 6.42 Å². The Hall–Kier alpha value is 0.320. The van der Waals surface area contributed by atoms with Crippen LogP contribution in [0.25, 0.3) is 0 Å². The number of allylic oxidation sites excluding steroid dienone is 2. The van der Waals surface area contributed by atoms with Gasteiger partial charge in [0.15, 0.2) is 0 Å². The zero-order chi connectivity index (χ0) is 8.66. The summed E-state index contributed by atoms with van der Waals surface area (Å²) in [6.45, 7) is 0. The molecule has 2 aliphatic carbocycles. The minimum Gasteiger partial charge on any atom is -0.100 e.